The molecule has 1 aromatic carbocycles. The lowest BCUT2D eigenvalue weighted by molar-refractivity contribution is 0.101. The Morgan fingerprint density at radius 3 is 2.80 bits per heavy atom. The lowest BCUT2D eigenvalue weighted by Crippen LogP contribution is -2.05. The Labute approximate surface area is 123 Å². The highest BCUT2D eigenvalue weighted by atomic mass is 32.2. The number of rotatable bonds is 6. The van der Waals surface area contributed by atoms with Gasteiger partial charge >= 0.3 is 0 Å². The van der Waals surface area contributed by atoms with Crippen LogP contribution in [0.4, 0.5) is 0 Å². The van der Waals surface area contributed by atoms with Crippen molar-refractivity contribution in [3.05, 3.63) is 41.6 Å². The van der Waals surface area contributed by atoms with E-state index in [0.717, 1.165) is 16.5 Å². The average Bonchev–Trinajstić information content (AvgIpc) is 2.73. The highest BCUT2D eigenvalue weighted by molar-refractivity contribution is 7.99. The molecular weight excluding hydrogens is 272 g/mol. The maximum absolute atomic E-state index is 11.5. The van der Waals surface area contributed by atoms with Crippen LogP contribution in [0, 0.1) is 6.92 Å². The molecule has 0 saturated heterocycles. The van der Waals surface area contributed by atoms with E-state index in [1.54, 1.807) is 24.8 Å². The van der Waals surface area contributed by atoms with E-state index in [-0.39, 0.29) is 5.78 Å². The molecule has 0 N–H and O–H groups in total. The molecule has 4 nitrogen and oxygen atoms in total. The predicted molar refractivity (Wildman–Crippen MR) is 80.6 cm³/mol. The normalized spacial score (nSPS) is 10.6. The van der Waals surface area contributed by atoms with Crippen LogP contribution in [0.5, 0.6) is 5.75 Å². The number of hydrogen-bond donors (Lipinski definition) is 0. The molecular formula is C15H18N2O2S. The van der Waals surface area contributed by atoms with E-state index in [0.29, 0.717) is 17.9 Å². The molecule has 0 saturated carbocycles. The number of para-hydroxylation sites is 1. The van der Waals surface area contributed by atoms with Crippen molar-refractivity contribution in [3.8, 4) is 5.75 Å². The topological polar surface area (TPSA) is 44.1 Å². The molecule has 2 aromatic rings. The predicted octanol–water partition coefficient (Wildman–Crippen LogP) is 3.10. The lowest BCUT2D eigenvalue weighted by Gasteiger charge is -2.09. The van der Waals surface area contributed by atoms with Crippen LogP contribution in [-0.4, -0.2) is 27.9 Å². The molecule has 20 heavy (non-hydrogen) atoms. The number of thioether (sulfide) groups is 1. The molecule has 0 spiro atoms. The minimum Gasteiger partial charge on any atom is -0.492 e. The zero-order valence-electron chi connectivity index (χ0n) is 11.9. The number of carbonyl (C=O) groups is 1. The van der Waals surface area contributed by atoms with Crippen molar-refractivity contribution in [2.45, 2.75) is 18.9 Å². The number of hydrogen-bond acceptors (Lipinski definition) is 4. The van der Waals surface area contributed by atoms with Crippen molar-refractivity contribution in [1.29, 1.82) is 0 Å². The van der Waals surface area contributed by atoms with Gasteiger partial charge in [-0.15, -0.1) is 11.8 Å². The molecule has 0 aliphatic rings. The van der Waals surface area contributed by atoms with Gasteiger partial charge in [0.2, 0.25) is 0 Å². The number of nitrogens with zero attached hydrogens (tertiary/aromatic N) is 2. The summed E-state index contributed by atoms with van der Waals surface area (Å²) in [6.45, 7) is 4.08. The summed E-state index contributed by atoms with van der Waals surface area (Å²) in [4.78, 5) is 11.5. The SMILES string of the molecule is CC(=O)c1ccccc1OCCSc1cc(C)nn1C. The summed E-state index contributed by atoms with van der Waals surface area (Å²) in [6, 6.07) is 9.38. The standard InChI is InChI=1S/C15H18N2O2S/c1-11-10-15(17(3)16-11)20-9-8-19-14-7-5-4-6-13(14)12(2)18/h4-7,10H,8-9H2,1-3H3. The second-order valence-electron chi connectivity index (χ2n) is 4.50. The first-order chi connectivity index (χ1) is 9.58. The Morgan fingerprint density at radius 1 is 1.40 bits per heavy atom. The van der Waals surface area contributed by atoms with Crippen molar-refractivity contribution >= 4 is 17.5 Å². The van der Waals surface area contributed by atoms with Gasteiger partial charge in [0.1, 0.15) is 5.75 Å². The van der Waals surface area contributed by atoms with Crippen molar-refractivity contribution in [2.75, 3.05) is 12.4 Å². The zero-order valence-corrected chi connectivity index (χ0v) is 12.7. The molecule has 0 amide bonds. The summed E-state index contributed by atoms with van der Waals surface area (Å²) in [5, 5.41) is 5.41. The van der Waals surface area contributed by atoms with E-state index in [4.69, 9.17) is 4.74 Å². The smallest absolute Gasteiger partial charge is 0.163 e. The van der Waals surface area contributed by atoms with E-state index in [1.807, 2.05) is 42.9 Å². The third-order valence-electron chi connectivity index (χ3n) is 2.82. The van der Waals surface area contributed by atoms with Crippen LogP contribution in [0.3, 0.4) is 0 Å². The van der Waals surface area contributed by atoms with Gasteiger partial charge in [0.25, 0.3) is 0 Å². The quantitative estimate of drug-likeness (QED) is 0.466. The first-order valence-corrected chi connectivity index (χ1v) is 7.42. The third kappa shape index (κ3) is 3.63. The van der Waals surface area contributed by atoms with Gasteiger partial charge in [-0.05, 0) is 32.0 Å². The Balaban J connectivity index is 1.88. The van der Waals surface area contributed by atoms with Gasteiger partial charge in [0.05, 0.1) is 22.9 Å². The van der Waals surface area contributed by atoms with Gasteiger partial charge in [0.15, 0.2) is 5.78 Å². The van der Waals surface area contributed by atoms with Gasteiger partial charge in [0, 0.05) is 12.8 Å². The highest BCUT2D eigenvalue weighted by Gasteiger charge is 2.07. The van der Waals surface area contributed by atoms with Crippen LogP contribution in [0.2, 0.25) is 0 Å². The molecule has 0 atom stereocenters. The molecule has 5 heteroatoms. The monoisotopic (exact) mass is 290 g/mol. The lowest BCUT2D eigenvalue weighted by atomic mass is 10.1. The Morgan fingerprint density at radius 2 is 2.15 bits per heavy atom. The maximum atomic E-state index is 11.5. The van der Waals surface area contributed by atoms with Gasteiger partial charge in [-0.2, -0.15) is 5.10 Å². The molecule has 0 aliphatic heterocycles. The Hall–Kier alpha value is -1.75. The van der Waals surface area contributed by atoms with Crippen molar-refractivity contribution in [2.24, 2.45) is 7.05 Å². The number of aryl methyl sites for hydroxylation is 2. The Kier molecular flexibility index (Phi) is 4.84. The van der Waals surface area contributed by atoms with E-state index in [2.05, 4.69) is 5.10 Å². The summed E-state index contributed by atoms with van der Waals surface area (Å²) >= 11 is 1.69. The number of ketones is 1. The van der Waals surface area contributed by atoms with Crippen LogP contribution in [0.25, 0.3) is 0 Å². The molecule has 0 bridgehead atoms. The summed E-state index contributed by atoms with van der Waals surface area (Å²) in [6.07, 6.45) is 0. The van der Waals surface area contributed by atoms with E-state index < -0.39 is 0 Å². The fraction of sp³-hybridized carbons (Fsp3) is 0.333. The summed E-state index contributed by atoms with van der Waals surface area (Å²) < 4.78 is 7.56. The van der Waals surface area contributed by atoms with Crippen molar-refractivity contribution < 1.29 is 9.53 Å². The van der Waals surface area contributed by atoms with E-state index in [1.165, 1.54) is 0 Å². The fourth-order valence-corrected chi connectivity index (χ4v) is 2.76. The molecule has 2 rings (SSSR count). The average molecular weight is 290 g/mol. The minimum absolute atomic E-state index is 0.0236. The Bertz CT molecular complexity index is 608. The molecule has 0 aliphatic carbocycles. The molecule has 0 radical (unpaired) electrons. The van der Waals surface area contributed by atoms with E-state index in [9.17, 15) is 4.79 Å². The number of ether oxygens (including phenoxy) is 1. The third-order valence-corrected chi connectivity index (χ3v) is 3.86. The van der Waals surface area contributed by atoms with Gasteiger partial charge in [-0.1, -0.05) is 12.1 Å². The van der Waals surface area contributed by atoms with Crippen molar-refractivity contribution in [3.63, 3.8) is 0 Å². The molecule has 106 valence electrons. The second kappa shape index (κ2) is 6.61. The molecule has 1 heterocycles. The van der Waals surface area contributed by atoms with Crippen LogP contribution in [0.15, 0.2) is 35.4 Å². The minimum atomic E-state index is 0.0236. The van der Waals surface area contributed by atoms with Gasteiger partial charge in [-0.3, -0.25) is 9.48 Å². The van der Waals surface area contributed by atoms with Crippen LogP contribution in [-0.2, 0) is 7.05 Å². The summed E-state index contributed by atoms with van der Waals surface area (Å²) in [7, 11) is 1.93. The zero-order chi connectivity index (χ0) is 14.5. The molecule has 1 aromatic heterocycles. The van der Waals surface area contributed by atoms with Crippen LogP contribution in [0.1, 0.15) is 23.0 Å². The van der Waals surface area contributed by atoms with Crippen molar-refractivity contribution in [1.82, 2.24) is 9.78 Å². The van der Waals surface area contributed by atoms with E-state index >= 15 is 0 Å². The van der Waals surface area contributed by atoms with Gasteiger partial charge in [-0.25, -0.2) is 0 Å². The summed E-state index contributed by atoms with van der Waals surface area (Å²) in [5.41, 5.74) is 1.65. The number of aromatic nitrogens is 2. The van der Waals surface area contributed by atoms with Gasteiger partial charge < -0.3 is 4.74 Å². The van der Waals surface area contributed by atoms with Crippen LogP contribution < -0.4 is 4.74 Å². The highest BCUT2D eigenvalue weighted by Crippen LogP contribution is 2.21. The van der Waals surface area contributed by atoms with Crippen LogP contribution >= 0.6 is 11.8 Å². The first kappa shape index (κ1) is 14.7. The number of carbonyl (C=O) groups excluding carboxylic acids is 1. The second-order valence-corrected chi connectivity index (χ2v) is 5.61. The maximum Gasteiger partial charge on any atom is 0.163 e. The molecule has 0 unspecified atom stereocenters. The first-order valence-electron chi connectivity index (χ1n) is 6.44. The molecule has 0 fully saturated rings. The fourth-order valence-electron chi connectivity index (χ4n) is 1.90. The summed E-state index contributed by atoms with van der Waals surface area (Å²) in [5.74, 6) is 1.49. The largest absolute Gasteiger partial charge is 0.492 e. The number of Topliss-reactive ketones (excluding diaryl/α,β-unsaturated/α-hetero) is 1. The number of benzene rings is 1.